The zero-order valence-corrected chi connectivity index (χ0v) is 10.4. The zero-order valence-electron chi connectivity index (χ0n) is 10.4. The summed E-state index contributed by atoms with van der Waals surface area (Å²) in [6.07, 6.45) is 2.00. The van der Waals surface area contributed by atoms with Gasteiger partial charge < -0.3 is 16.3 Å². The number of carbonyl (C=O) groups is 1. The van der Waals surface area contributed by atoms with Gasteiger partial charge >= 0.3 is 0 Å². The number of nitrogens with one attached hydrogen (secondary N) is 1. The van der Waals surface area contributed by atoms with E-state index in [0.29, 0.717) is 18.4 Å². The van der Waals surface area contributed by atoms with Crippen LogP contribution in [0.15, 0.2) is 29.4 Å². The second-order valence-corrected chi connectivity index (χ2v) is 4.73. The Labute approximate surface area is 110 Å². The van der Waals surface area contributed by atoms with Crippen molar-refractivity contribution in [3.05, 3.63) is 35.6 Å². The van der Waals surface area contributed by atoms with E-state index in [1.165, 1.54) is 12.1 Å². The first kappa shape index (κ1) is 13.3. The van der Waals surface area contributed by atoms with Gasteiger partial charge in [-0.05, 0) is 30.5 Å². The van der Waals surface area contributed by atoms with E-state index >= 15 is 0 Å². The number of nitrogens with two attached hydrogens (primary N) is 1. The van der Waals surface area contributed by atoms with Crippen LogP contribution in [0.2, 0.25) is 0 Å². The molecule has 102 valence electrons. The molecule has 4 N–H and O–H groups in total. The Hall–Kier alpha value is -2.11. The summed E-state index contributed by atoms with van der Waals surface area (Å²) in [6.45, 7) is 0.219. The number of hydrogen-bond acceptors (Lipinski definition) is 3. The predicted molar refractivity (Wildman–Crippen MR) is 67.9 cm³/mol. The van der Waals surface area contributed by atoms with Gasteiger partial charge in [0.15, 0.2) is 5.84 Å². The maximum atomic E-state index is 13.0. The molecule has 1 amide bonds. The van der Waals surface area contributed by atoms with Gasteiger partial charge in [-0.25, -0.2) is 4.39 Å². The third-order valence-corrected chi connectivity index (χ3v) is 3.58. The second-order valence-electron chi connectivity index (χ2n) is 4.73. The minimum Gasteiger partial charge on any atom is -0.409 e. The predicted octanol–water partition coefficient (Wildman–Crippen LogP) is 1.36. The van der Waals surface area contributed by atoms with Crippen LogP contribution in [0.3, 0.4) is 0 Å². The number of halogens is 1. The normalized spacial score (nSPS) is 17.6. The maximum absolute atomic E-state index is 13.0. The number of oxime groups is 1. The number of hydrogen-bond donors (Lipinski definition) is 3. The minimum atomic E-state index is -0.901. The van der Waals surface area contributed by atoms with Gasteiger partial charge in [0.05, 0.1) is 0 Å². The molecule has 2 rings (SSSR count). The molecule has 1 fully saturated rings. The molecule has 5 nitrogen and oxygen atoms in total. The molecule has 19 heavy (non-hydrogen) atoms. The second kappa shape index (κ2) is 5.26. The fraction of sp³-hybridized carbons (Fsp3) is 0.385. The van der Waals surface area contributed by atoms with Crippen molar-refractivity contribution in [1.82, 2.24) is 5.32 Å². The van der Waals surface area contributed by atoms with Crippen LogP contribution in [0.5, 0.6) is 0 Å². The lowest BCUT2D eigenvalue weighted by atomic mass is 9.67. The summed E-state index contributed by atoms with van der Waals surface area (Å²) in [5.41, 5.74) is 5.35. The Bertz CT molecular complexity index is 512. The van der Waals surface area contributed by atoms with Crippen molar-refractivity contribution in [2.24, 2.45) is 16.3 Å². The quantitative estimate of drug-likeness (QED) is 0.332. The summed E-state index contributed by atoms with van der Waals surface area (Å²) in [7, 11) is 0. The SMILES string of the molecule is N/C(=N/O)C1(C(=O)NCc2cccc(F)c2)CCC1. The molecule has 1 aliphatic rings. The van der Waals surface area contributed by atoms with E-state index in [2.05, 4.69) is 10.5 Å². The lowest BCUT2D eigenvalue weighted by Crippen LogP contribution is -2.53. The number of carbonyl (C=O) groups excluding carboxylic acids is 1. The molecule has 1 saturated carbocycles. The van der Waals surface area contributed by atoms with Crippen LogP contribution < -0.4 is 11.1 Å². The fourth-order valence-electron chi connectivity index (χ4n) is 2.22. The average molecular weight is 265 g/mol. The average Bonchev–Trinajstić information content (AvgIpc) is 2.35. The summed E-state index contributed by atoms with van der Waals surface area (Å²) < 4.78 is 13.0. The number of amidine groups is 1. The molecular formula is C13H16FN3O2. The van der Waals surface area contributed by atoms with Crippen molar-refractivity contribution >= 4 is 11.7 Å². The molecule has 0 radical (unpaired) electrons. The fourth-order valence-corrected chi connectivity index (χ4v) is 2.22. The molecule has 0 unspecified atom stereocenters. The van der Waals surface area contributed by atoms with E-state index in [1.54, 1.807) is 12.1 Å². The van der Waals surface area contributed by atoms with Gasteiger partial charge in [0.1, 0.15) is 11.2 Å². The van der Waals surface area contributed by atoms with E-state index in [1.807, 2.05) is 0 Å². The van der Waals surface area contributed by atoms with Crippen molar-refractivity contribution in [2.75, 3.05) is 0 Å². The number of rotatable bonds is 4. The number of benzene rings is 1. The van der Waals surface area contributed by atoms with Crippen molar-refractivity contribution < 1.29 is 14.4 Å². The summed E-state index contributed by atoms with van der Waals surface area (Å²) in [4.78, 5) is 12.1. The van der Waals surface area contributed by atoms with Crippen molar-refractivity contribution in [1.29, 1.82) is 0 Å². The Kier molecular flexibility index (Phi) is 3.69. The molecule has 0 bridgehead atoms. The lowest BCUT2D eigenvalue weighted by Gasteiger charge is -2.38. The van der Waals surface area contributed by atoms with Crippen LogP contribution in [-0.4, -0.2) is 17.0 Å². The Morgan fingerprint density at radius 3 is 2.79 bits per heavy atom. The number of amides is 1. The molecule has 0 atom stereocenters. The van der Waals surface area contributed by atoms with Gasteiger partial charge in [0.25, 0.3) is 0 Å². The molecule has 1 aromatic carbocycles. The Morgan fingerprint density at radius 1 is 1.53 bits per heavy atom. The molecule has 6 heteroatoms. The summed E-state index contributed by atoms with van der Waals surface area (Å²) in [5, 5.41) is 14.4. The first-order valence-electron chi connectivity index (χ1n) is 6.09. The van der Waals surface area contributed by atoms with E-state index in [0.717, 1.165) is 6.42 Å². The van der Waals surface area contributed by atoms with Crippen molar-refractivity contribution in [3.63, 3.8) is 0 Å². The first-order valence-corrected chi connectivity index (χ1v) is 6.09. The van der Waals surface area contributed by atoms with Gasteiger partial charge in [-0.15, -0.1) is 0 Å². The molecule has 0 spiro atoms. The van der Waals surface area contributed by atoms with Gasteiger partial charge in [-0.2, -0.15) is 0 Å². The molecule has 1 aromatic rings. The zero-order chi connectivity index (χ0) is 13.9. The largest absolute Gasteiger partial charge is 0.409 e. The van der Waals surface area contributed by atoms with E-state index in [-0.39, 0.29) is 24.1 Å². The van der Waals surface area contributed by atoms with Crippen LogP contribution >= 0.6 is 0 Å². The third-order valence-electron chi connectivity index (χ3n) is 3.58. The Morgan fingerprint density at radius 2 is 2.26 bits per heavy atom. The van der Waals surface area contributed by atoms with Crippen LogP contribution in [-0.2, 0) is 11.3 Å². The Balaban J connectivity index is 2.01. The monoisotopic (exact) mass is 265 g/mol. The van der Waals surface area contributed by atoms with E-state index < -0.39 is 5.41 Å². The molecule has 0 aromatic heterocycles. The highest BCUT2D eigenvalue weighted by Gasteiger charge is 2.48. The van der Waals surface area contributed by atoms with E-state index in [9.17, 15) is 9.18 Å². The van der Waals surface area contributed by atoms with Gasteiger partial charge in [-0.3, -0.25) is 4.79 Å². The van der Waals surface area contributed by atoms with Crippen molar-refractivity contribution in [3.8, 4) is 0 Å². The van der Waals surface area contributed by atoms with Crippen LogP contribution in [0, 0.1) is 11.2 Å². The summed E-state index contributed by atoms with van der Waals surface area (Å²) >= 11 is 0. The molecule has 0 heterocycles. The summed E-state index contributed by atoms with van der Waals surface area (Å²) in [6, 6.07) is 6.01. The minimum absolute atomic E-state index is 0.0597. The van der Waals surface area contributed by atoms with Crippen molar-refractivity contribution in [2.45, 2.75) is 25.8 Å². The molecule has 0 saturated heterocycles. The number of nitrogens with zero attached hydrogens (tertiary/aromatic N) is 1. The van der Waals surface area contributed by atoms with Crippen LogP contribution in [0.25, 0.3) is 0 Å². The topological polar surface area (TPSA) is 87.7 Å². The van der Waals surface area contributed by atoms with E-state index in [4.69, 9.17) is 10.9 Å². The highest BCUT2D eigenvalue weighted by molar-refractivity contribution is 6.07. The van der Waals surface area contributed by atoms with Gasteiger partial charge in [-0.1, -0.05) is 23.7 Å². The maximum Gasteiger partial charge on any atom is 0.234 e. The highest BCUT2D eigenvalue weighted by atomic mass is 19.1. The smallest absolute Gasteiger partial charge is 0.234 e. The van der Waals surface area contributed by atoms with Gasteiger partial charge in [0, 0.05) is 6.54 Å². The first-order chi connectivity index (χ1) is 9.08. The third kappa shape index (κ3) is 2.52. The van der Waals surface area contributed by atoms with Crippen LogP contribution in [0.4, 0.5) is 4.39 Å². The molecular weight excluding hydrogens is 249 g/mol. The standard InChI is InChI=1S/C13H16FN3O2/c14-10-4-1-3-9(7-10)8-16-12(18)13(5-2-6-13)11(15)17-19/h1,3-4,7,19H,2,5-6,8H2,(H2,15,17)(H,16,18). The molecule has 1 aliphatic carbocycles. The summed E-state index contributed by atoms with van der Waals surface area (Å²) in [5.74, 6) is -0.685. The lowest BCUT2D eigenvalue weighted by molar-refractivity contribution is -0.131. The van der Waals surface area contributed by atoms with Gasteiger partial charge in [0.2, 0.25) is 5.91 Å². The highest BCUT2D eigenvalue weighted by Crippen LogP contribution is 2.41. The van der Waals surface area contributed by atoms with Crippen LogP contribution in [0.1, 0.15) is 24.8 Å². The molecule has 0 aliphatic heterocycles.